The minimum atomic E-state index is -0.0486. The summed E-state index contributed by atoms with van der Waals surface area (Å²) < 4.78 is 0.816. The molecule has 0 bridgehead atoms. The molecule has 0 saturated heterocycles. The Hall–Kier alpha value is -1.07. The van der Waals surface area contributed by atoms with Crippen LogP contribution in [-0.4, -0.2) is 15.8 Å². The van der Waals surface area contributed by atoms with Gasteiger partial charge in [0, 0.05) is 16.9 Å². The van der Waals surface area contributed by atoms with Gasteiger partial charge in [0.15, 0.2) is 0 Å². The second-order valence-electron chi connectivity index (χ2n) is 2.55. The highest BCUT2D eigenvalue weighted by Crippen LogP contribution is 2.24. The van der Waals surface area contributed by atoms with E-state index in [4.69, 9.17) is 0 Å². The fraction of sp³-hybridized carbons (Fsp3) is 0. The maximum absolute atomic E-state index is 11.8. The molecule has 3 nitrogen and oxygen atoms in total. The van der Waals surface area contributed by atoms with Crippen molar-refractivity contribution < 1.29 is 4.79 Å². The summed E-state index contributed by atoms with van der Waals surface area (Å²) in [6.45, 7) is 0. The number of carbonyl (C=O) groups excluding carboxylic acids is 1. The molecule has 2 heterocycles. The van der Waals surface area contributed by atoms with E-state index in [0.717, 1.165) is 4.47 Å². The first-order chi connectivity index (χ1) is 6.79. The maximum Gasteiger partial charge on any atom is 0.207 e. The van der Waals surface area contributed by atoms with Crippen molar-refractivity contribution in [1.29, 1.82) is 0 Å². The summed E-state index contributed by atoms with van der Waals surface area (Å²) in [7, 11) is 0. The van der Waals surface area contributed by atoms with Crippen LogP contribution in [0, 0.1) is 0 Å². The predicted octanol–water partition coefficient (Wildman–Crippen LogP) is 2.53. The third-order valence-corrected chi connectivity index (χ3v) is 3.48. The molecule has 0 amide bonds. The van der Waals surface area contributed by atoms with Crippen LogP contribution < -0.4 is 0 Å². The molecule has 0 radical (unpaired) electrons. The van der Waals surface area contributed by atoms with Gasteiger partial charge in [-0.15, -0.1) is 11.3 Å². The molecule has 0 aliphatic rings. The molecular formula is C9H5BrN2OS. The monoisotopic (exact) mass is 268 g/mol. The summed E-state index contributed by atoms with van der Waals surface area (Å²) >= 11 is 4.71. The number of ketones is 1. The molecule has 0 aromatic carbocycles. The van der Waals surface area contributed by atoms with E-state index in [1.807, 2.05) is 11.4 Å². The second kappa shape index (κ2) is 3.98. The lowest BCUT2D eigenvalue weighted by Gasteiger charge is -1.96. The highest BCUT2D eigenvalue weighted by molar-refractivity contribution is 9.10. The molecule has 5 heteroatoms. The molecule has 14 heavy (non-hydrogen) atoms. The molecule has 0 atom stereocenters. The molecule has 2 aromatic rings. The van der Waals surface area contributed by atoms with Crippen molar-refractivity contribution >= 4 is 33.0 Å². The molecule has 70 valence electrons. The third-order valence-electron chi connectivity index (χ3n) is 1.65. The fourth-order valence-electron chi connectivity index (χ4n) is 1.00. The Labute approximate surface area is 93.0 Å². The Balaban J connectivity index is 2.39. The summed E-state index contributed by atoms with van der Waals surface area (Å²) in [6, 6.07) is 1.85. The average Bonchev–Trinajstić information content (AvgIpc) is 2.65. The van der Waals surface area contributed by atoms with Crippen molar-refractivity contribution in [2.24, 2.45) is 0 Å². The standard InChI is InChI=1S/C9H5BrN2OS/c10-7-1-2-14-9(7)8(13)6-3-11-5-12-4-6/h1-5H. The van der Waals surface area contributed by atoms with Gasteiger partial charge in [-0.3, -0.25) is 4.79 Å². The molecule has 0 N–H and O–H groups in total. The van der Waals surface area contributed by atoms with Crippen molar-refractivity contribution in [3.8, 4) is 0 Å². The lowest BCUT2D eigenvalue weighted by atomic mass is 10.2. The van der Waals surface area contributed by atoms with Crippen molar-refractivity contribution in [3.05, 3.63) is 45.1 Å². The van der Waals surface area contributed by atoms with Crippen LogP contribution >= 0.6 is 27.3 Å². The molecule has 0 fully saturated rings. The van der Waals surface area contributed by atoms with Crippen molar-refractivity contribution in [1.82, 2.24) is 9.97 Å². The molecule has 2 aromatic heterocycles. The van der Waals surface area contributed by atoms with E-state index in [2.05, 4.69) is 25.9 Å². The lowest BCUT2D eigenvalue weighted by Crippen LogP contribution is -2.00. The van der Waals surface area contributed by atoms with E-state index in [9.17, 15) is 4.79 Å². The van der Waals surface area contributed by atoms with Gasteiger partial charge in [0.2, 0.25) is 5.78 Å². The summed E-state index contributed by atoms with van der Waals surface area (Å²) in [5.74, 6) is -0.0486. The summed E-state index contributed by atoms with van der Waals surface area (Å²) in [4.78, 5) is 20.1. The van der Waals surface area contributed by atoms with Crippen molar-refractivity contribution in [2.75, 3.05) is 0 Å². The molecular weight excluding hydrogens is 264 g/mol. The first-order valence-corrected chi connectivity index (χ1v) is 5.49. The molecule has 0 aliphatic carbocycles. The highest BCUT2D eigenvalue weighted by atomic mass is 79.9. The smallest absolute Gasteiger partial charge is 0.207 e. The van der Waals surface area contributed by atoms with Gasteiger partial charge in [0.1, 0.15) is 6.33 Å². The van der Waals surface area contributed by atoms with Gasteiger partial charge in [0.05, 0.1) is 10.4 Å². The van der Waals surface area contributed by atoms with Gasteiger partial charge in [-0.1, -0.05) is 0 Å². The zero-order valence-electron chi connectivity index (χ0n) is 6.98. The van der Waals surface area contributed by atoms with Crippen LogP contribution in [-0.2, 0) is 0 Å². The topological polar surface area (TPSA) is 42.9 Å². The Morgan fingerprint density at radius 3 is 2.64 bits per heavy atom. The summed E-state index contributed by atoms with van der Waals surface area (Å²) in [6.07, 6.45) is 4.43. The molecule has 0 aliphatic heterocycles. The Morgan fingerprint density at radius 2 is 2.07 bits per heavy atom. The van der Waals surface area contributed by atoms with Crippen LogP contribution in [0.25, 0.3) is 0 Å². The van der Waals surface area contributed by atoms with E-state index < -0.39 is 0 Å². The van der Waals surface area contributed by atoms with E-state index in [-0.39, 0.29) is 5.78 Å². The van der Waals surface area contributed by atoms with Gasteiger partial charge in [-0.25, -0.2) is 9.97 Å². The molecule has 0 saturated carbocycles. The number of aromatic nitrogens is 2. The summed E-state index contributed by atoms with van der Waals surface area (Å²) in [5.41, 5.74) is 0.510. The first kappa shape index (κ1) is 9.48. The largest absolute Gasteiger partial charge is 0.288 e. The van der Waals surface area contributed by atoms with E-state index in [1.165, 1.54) is 30.1 Å². The minimum Gasteiger partial charge on any atom is -0.288 e. The van der Waals surface area contributed by atoms with Gasteiger partial charge in [0.25, 0.3) is 0 Å². The SMILES string of the molecule is O=C(c1cncnc1)c1sccc1Br. The van der Waals surface area contributed by atoms with Crippen LogP contribution in [0.2, 0.25) is 0 Å². The van der Waals surface area contributed by atoms with Crippen molar-refractivity contribution in [3.63, 3.8) is 0 Å². The fourth-order valence-corrected chi connectivity index (χ4v) is 2.52. The second-order valence-corrected chi connectivity index (χ2v) is 4.32. The predicted molar refractivity (Wildman–Crippen MR) is 57.5 cm³/mol. The quantitative estimate of drug-likeness (QED) is 0.787. The zero-order chi connectivity index (χ0) is 9.97. The molecule has 2 rings (SSSR count). The van der Waals surface area contributed by atoms with Crippen LogP contribution in [0.4, 0.5) is 0 Å². The lowest BCUT2D eigenvalue weighted by molar-refractivity contribution is 0.104. The van der Waals surface area contributed by atoms with Crippen LogP contribution in [0.15, 0.2) is 34.6 Å². The highest BCUT2D eigenvalue weighted by Gasteiger charge is 2.13. The number of nitrogens with zero attached hydrogens (tertiary/aromatic N) is 2. The van der Waals surface area contributed by atoms with Crippen LogP contribution in [0.5, 0.6) is 0 Å². The normalized spacial score (nSPS) is 10.1. The number of hydrogen-bond acceptors (Lipinski definition) is 4. The average molecular weight is 269 g/mol. The van der Waals surface area contributed by atoms with E-state index in [0.29, 0.717) is 10.4 Å². The third kappa shape index (κ3) is 1.73. The minimum absolute atomic E-state index is 0.0486. The first-order valence-electron chi connectivity index (χ1n) is 3.82. The Bertz CT molecular complexity index is 455. The number of carbonyl (C=O) groups is 1. The number of thiophene rings is 1. The van der Waals surface area contributed by atoms with Gasteiger partial charge < -0.3 is 0 Å². The molecule has 0 unspecified atom stereocenters. The van der Waals surface area contributed by atoms with Crippen LogP contribution in [0.1, 0.15) is 15.2 Å². The van der Waals surface area contributed by atoms with Gasteiger partial charge in [-0.2, -0.15) is 0 Å². The zero-order valence-corrected chi connectivity index (χ0v) is 9.38. The van der Waals surface area contributed by atoms with E-state index in [1.54, 1.807) is 0 Å². The Kier molecular flexibility index (Phi) is 2.69. The van der Waals surface area contributed by atoms with Crippen LogP contribution in [0.3, 0.4) is 0 Å². The molecule has 0 spiro atoms. The van der Waals surface area contributed by atoms with Gasteiger partial charge >= 0.3 is 0 Å². The number of rotatable bonds is 2. The van der Waals surface area contributed by atoms with Gasteiger partial charge in [-0.05, 0) is 27.4 Å². The maximum atomic E-state index is 11.8. The Morgan fingerprint density at radius 1 is 1.36 bits per heavy atom. The number of halogens is 1. The van der Waals surface area contributed by atoms with E-state index >= 15 is 0 Å². The number of hydrogen-bond donors (Lipinski definition) is 0. The summed E-state index contributed by atoms with van der Waals surface area (Å²) in [5, 5.41) is 1.86. The van der Waals surface area contributed by atoms with Crippen molar-refractivity contribution in [2.45, 2.75) is 0 Å².